The van der Waals surface area contributed by atoms with Crippen molar-refractivity contribution >= 4 is 0 Å². The quantitative estimate of drug-likeness (QED) is 0.509. The van der Waals surface area contributed by atoms with Crippen molar-refractivity contribution in [2.45, 2.75) is 20.3 Å². The summed E-state index contributed by atoms with van der Waals surface area (Å²) in [5.74, 6) is 0. The Morgan fingerprint density at radius 2 is 2.33 bits per heavy atom. The molecule has 1 nitrogen and oxygen atoms in total. The van der Waals surface area contributed by atoms with Crippen LogP contribution in [0.15, 0.2) is 11.8 Å². The fraction of sp³-hybridized carbons (Fsp3) is 0.600. The van der Waals surface area contributed by atoms with Crippen LogP contribution >= 0.6 is 0 Å². The number of hydrogen-bond acceptors (Lipinski definition) is 1. The van der Waals surface area contributed by atoms with E-state index in [1.54, 1.807) is 0 Å². The highest BCUT2D eigenvalue weighted by atomic mass is 14.5. The average Bonchev–Trinajstić information content (AvgIpc) is 1.35. The molecule has 0 aromatic rings. The van der Waals surface area contributed by atoms with Crippen LogP contribution in [0.2, 0.25) is 0 Å². The number of rotatable bonds is 1. The molecule has 36 valence electrons. The van der Waals surface area contributed by atoms with E-state index in [-0.39, 0.29) is 0 Å². The molecule has 0 radical (unpaired) electrons. The number of hydrogen-bond donors (Lipinski definition) is 1. The lowest BCUT2D eigenvalue weighted by molar-refractivity contribution is 1.16. The van der Waals surface area contributed by atoms with Crippen LogP contribution in [-0.2, 0) is 0 Å². The molecule has 0 fully saturated rings. The molecule has 0 saturated carbocycles. The normalized spacial score (nSPS) is 12.0. The molecule has 0 saturated heterocycles. The first kappa shape index (κ1) is 5.54. The van der Waals surface area contributed by atoms with E-state index >= 15 is 0 Å². The molecule has 0 aromatic carbocycles. The van der Waals surface area contributed by atoms with Crippen molar-refractivity contribution in [3.63, 3.8) is 0 Å². The third kappa shape index (κ3) is 3.54. The van der Waals surface area contributed by atoms with Crippen molar-refractivity contribution in [1.29, 1.82) is 0 Å². The van der Waals surface area contributed by atoms with Crippen LogP contribution in [0.3, 0.4) is 0 Å². The predicted molar refractivity (Wildman–Crippen MR) is 28.2 cm³/mol. The van der Waals surface area contributed by atoms with E-state index in [2.05, 4.69) is 6.92 Å². The third-order valence-corrected chi connectivity index (χ3v) is 0.526. The van der Waals surface area contributed by atoms with Gasteiger partial charge in [-0.2, -0.15) is 0 Å². The topological polar surface area (TPSA) is 26.0 Å². The molecule has 0 amide bonds. The van der Waals surface area contributed by atoms with Crippen LogP contribution < -0.4 is 5.73 Å². The molecule has 0 aliphatic carbocycles. The molecular weight excluding hydrogens is 74.1 g/mol. The summed E-state index contributed by atoms with van der Waals surface area (Å²) in [5, 5.41) is 0. The minimum absolute atomic E-state index is 0.914. The zero-order valence-electron chi connectivity index (χ0n) is 4.36. The van der Waals surface area contributed by atoms with Gasteiger partial charge in [0.1, 0.15) is 0 Å². The highest BCUT2D eigenvalue weighted by Crippen LogP contribution is 1.81. The minimum Gasteiger partial charge on any atom is -0.403 e. The van der Waals surface area contributed by atoms with Gasteiger partial charge in [-0.25, -0.2) is 0 Å². The molecule has 6 heavy (non-hydrogen) atoms. The van der Waals surface area contributed by atoms with Gasteiger partial charge in [0.05, 0.1) is 0 Å². The van der Waals surface area contributed by atoms with E-state index in [0.29, 0.717) is 0 Å². The SMILES string of the molecule is CCC=C(C)N. The van der Waals surface area contributed by atoms with Crippen LogP contribution in [0, 0.1) is 0 Å². The molecule has 1 heteroatoms. The second-order valence-electron chi connectivity index (χ2n) is 1.36. The molecule has 0 aromatic heterocycles. The highest BCUT2D eigenvalue weighted by Gasteiger charge is 1.67. The van der Waals surface area contributed by atoms with Gasteiger partial charge < -0.3 is 5.73 Å². The van der Waals surface area contributed by atoms with Crippen LogP contribution in [0.4, 0.5) is 0 Å². The van der Waals surface area contributed by atoms with Crippen molar-refractivity contribution in [2.75, 3.05) is 0 Å². The van der Waals surface area contributed by atoms with Crippen LogP contribution in [0.1, 0.15) is 20.3 Å². The predicted octanol–water partition coefficient (Wildman–Crippen LogP) is 1.26. The summed E-state index contributed by atoms with van der Waals surface area (Å²) in [5.41, 5.74) is 6.18. The summed E-state index contributed by atoms with van der Waals surface area (Å²) >= 11 is 0. The molecule has 0 aliphatic heterocycles. The minimum atomic E-state index is 0.914. The Morgan fingerprint density at radius 1 is 1.83 bits per heavy atom. The Morgan fingerprint density at radius 3 is 2.33 bits per heavy atom. The van der Waals surface area contributed by atoms with Gasteiger partial charge in [-0.05, 0) is 13.3 Å². The first-order chi connectivity index (χ1) is 2.77. The lowest BCUT2D eigenvalue weighted by atomic mass is 10.4. The maximum atomic E-state index is 5.26. The maximum absolute atomic E-state index is 5.26. The van der Waals surface area contributed by atoms with Crippen molar-refractivity contribution in [1.82, 2.24) is 0 Å². The van der Waals surface area contributed by atoms with Gasteiger partial charge in [-0.15, -0.1) is 0 Å². The molecule has 0 spiro atoms. The molecule has 0 atom stereocenters. The van der Waals surface area contributed by atoms with Crippen molar-refractivity contribution in [3.8, 4) is 0 Å². The number of nitrogens with two attached hydrogens (primary N) is 1. The van der Waals surface area contributed by atoms with E-state index < -0.39 is 0 Å². The summed E-state index contributed by atoms with van der Waals surface area (Å²) in [6, 6.07) is 0. The fourth-order valence-corrected chi connectivity index (χ4v) is 0.322. The lowest BCUT2D eigenvalue weighted by Gasteiger charge is -1.81. The zero-order chi connectivity index (χ0) is 4.99. The second kappa shape index (κ2) is 2.76. The lowest BCUT2D eigenvalue weighted by Crippen LogP contribution is -1.87. The Labute approximate surface area is 38.8 Å². The van der Waals surface area contributed by atoms with Crippen molar-refractivity contribution < 1.29 is 0 Å². The molecule has 0 rings (SSSR count). The highest BCUT2D eigenvalue weighted by molar-refractivity contribution is 4.89. The summed E-state index contributed by atoms with van der Waals surface area (Å²) < 4.78 is 0. The van der Waals surface area contributed by atoms with Gasteiger partial charge in [0.2, 0.25) is 0 Å². The Bertz CT molecular complexity index is 51.0. The van der Waals surface area contributed by atoms with Gasteiger partial charge in [-0.3, -0.25) is 0 Å². The van der Waals surface area contributed by atoms with Crippen molar-refractivity contribution in [2.24, 2.45) is 5.73 Å². The van der Waals surface area contributed by atoms with E-state index in [1.165, 1.54) is 0 Å². The van der Waals surface area contributed by atoms with Crippen LogP contribution in [-0.4, -0.2) is 0 Å². The summed E-state index contributed by atoms with van der Waals surface area (Å²) in [6.07, 6.45) is 3.03. The largest absolute Gasteiger partial charge is 0.403 e. The molecule has 2 N–H and O–H groups in total. The summed E-state index contributed by atoms with van der Waals surface area (Å²) in [6.45, 7) is 3.96. The summed E-state index contributed by atoms with van der Waals surface area (Å²) in [4.78, 5) is 0. The van der Waals surface area contributed by atoms with Gasteiger partial charge >= 0.3 is 0 Å². The molecule has 0 aliphatic rings. The molecule has 0 bridgehead atoms. The number of allylic oxidation sites excluding steroid dienone is 2. The standard InChI is InChI=1S/C5H11N/c1-3-4-5(2)6/h4H,3,6H2,1-2H3. The van der Waals surface area contributed by atoms with E-state index in [9.17, 15) is 0 Å². The molecule has 0 heterocycles. The Hall–Kier alpha value is -0.460. The fourth-order valence-electron chi connectivity index (χ4n) is 0.322. The van der Waals surface area contributed by atoms with E-state index in [0.717, 1.165) is 12.1 Å². The van der Waals surface area contributed by atoms with E-state index in [4.69, 9.17) is 5.73 Å². The summed E-state index contributed by atoms with van der Waals surface area (Å²) in [7, 11) is 0. The molecule has 0 unspecified atom stereocenters. The molecular formula is C5H11N. The monoisotopic (exact) mass is 85.1 g/mol. The Kier molecular flexibility index (Phi) is 2.55. The van der Waals surface area contributed by atoms with Crippen LogP contribution in [0.5, 0.6) is 0 Å². The first-order valence-electron chi connectivity index (χ1n) is 2.19. The van der Waals surface area contributed by atoms with E-state index in [1.807, 2.05) is 13.0 Å². The maximum Gasteiger partial charge on any atom is 0.000822 e. The van der Waals surface area contributed by atoms with Gasteiger partial charge in [-0.1, -0.05) is 13.0 Å². The average molecular weight is 85.2 g/mol. The smallest absolute Gasteiger partial charge is 0.000822 e. The second-order valence-corrected chi connectivity index (χ2v) is 1.36. The van der Waals surface area contributed by atoms with Gasteiger partial charge in [0.25, 0.3) is 0 Å². The van der Waals surface area contributed by atoms with Gasteiger partial charge in [0.15, 0.2) is 0 Å². The van der Waals surface area contributed by atoms with Crippen LogP contribution in [0.25, 0.3) is 0 Å². The first-order valence-corrected chi connectivity index (χ1v) is 2.19. The Balaban J connectivity index is 3.14. The zero-order valence-corrected chi connectivity index (χ0v) is 4.36. The van der Waals surface area contributed by atoms with Gasteiger partial charge in [0, 0.05) is 5.70 Å². The van der Waals surface area contributed by atoms with Crippen molar-refractivity contribution in [3.05, 3.63) is 11.8 Å². The third-order valence-electron chi connectivity index (χ3n) is 0.526.